The number of amides is 1. The first-order chi connectivity index (χ1) is 12.0. The van der Waals surface area contributed by atoms with Gasteiger partial charge in [-0.25, -0.2) is 9.59 Å². The fourth-order valence-electron chi connectivity index (χ4n) is 2.81. The Morgan fingerprint density at radius 3 is 2.54 bits per heavy atom. The van der Waals surface area contributed by atoms with Gasteiger partial charge in [-0.2, -0.15) is 4.39 Å². The molecule has 0 aromatic heterocycles. The highest BCUT2D eigenvalue weighted by Gasteiger charge is 2.45. The number of rotatable bonds is 7. The summed E-state index contributed by atoms with van der Waals surface area (Å²) in [4.78, 5) is 25.3. The average Bonchev–Trinajstić information content (AvgIpc) is 2.80. The van der Waals surface area contributed by atoms with Gasteiger partial charge in [0.1, 0.15) is 11.3 Å². The van der Waals surface area contributed by atoms with E-state index < -0.39 is 29.2 Å². The zero-order chi connectivity index (χ0) is 20.0. The van der Waals surface area contributed by atoms with Crippen LogP contribution in [0.3, 0.4) is 0 Å². The van der Waals surface area contributed by atoms with Gasteiger partial charge in [0.25, 0.3) is 0 Å². The number of allylic oxidation sites excluding steroid dienone is 1. The smallest absolute Gasteiger partial charge is 0.412 e. The lowest BCUT2D eigenvalue weighted by molar-refractivity contribution is -0.140. The van der Waals surface area contributed by atoms with Crippen LogP contribution in [0.2, 0.25) is 0 Å². The molecule has 1 saturated heterocycles. The Labute approximate surface area is 155 Å². The lowest BCUT2D eigenvalue weighted by atomic mass is 10.1. The van der Waals surface area contributed by atoms with Gasteiger partial charge in [-0.3, -0.25) is 4.90 Å². The Kier molecular flexibility index (Phi) is 8.06. The van der Waals surface area contributed by atoms with Gasteiger partial charge in [0, 0.05) is 0 Å². The summed E-state index contributed by atoms with van der Waals surface area (Å²) < 4.78 is 29.3. The molecule has 0 aromatic carbocycles. The molecular weight excluding hydrogens is 341 g/mol. The normalized spacial score (nSPS) is 20.2. The summed E-state index contributed by atoms with van der Waals surface area (Å²) >= 11 is 0. The van der Waals surface area contributed by atoms with Crippen LogP contribution in [0.15, 0.2) is 11.9 Å². The zero-order valence-corrected chi connectivity index (χ0v) is 16.8. The first kappa shape index (κ1) is 22.4. The highest BCUT2D eigenvalue weighted by Crippen LogP contribution is 2.31. The van der Waals surface area contributed by atoms with E-state index in [1.165, 1.54) is 6.08 Å². The third-order valence-corrected chi connectivity index (χ3v) is 3.95. The van der Waals surface area contributed by atoms with Crippen LogP contribution < -0.4 is 0 Å². The van der Waals surface area contributed by atoms with Gasteiger partial charge in [0.15, 0.2) is 0 Å². The van der Waals surface area contributed by atoms with Gasteiger partial charge in [-0.1, -0.05) is 6.42 Å². The summed E-state index contributed by atoms with van der Waals surface area (Å²) in [7, 11) is 0. The van der Waals surface area contributed by atoms with E-state index >= 15 is 0 Å². The summed E-state index contributed by atoms with van der Waals surface area (Å²) in [6.07, 6.45) is 3.49. The molecule has 1 atom stereocenters. The van der Waals surface area contributed by atoms with E-state index in [2.05, 4.69) is 4.74 Å². The molecule has 7 heteroatoms. The Morgan fingerprint density at radius 1 is 1.31 bits per heavy atom. The summed E-state index contributed by atoms with van der Waals surface area (Å²) in [6.45, 7) is 11.4. The molecule has 0 radical (unpaired) electrons. The molecule has 0 bridgehead atoms. The maximum Gasteiger partial charge on any atom is 0.412 e. The minimum atomic E-state index is -0.922. The third kappa shape index (κ3) is 6.94. The number of nitrogens with zero attached hydrogens (tertiary/aromatic N) is 1. The van der Waals surface area contributed by atoms with E-state index in [4.69, 9.17) is 9.47 Å². The number of hydrogen-bond acceptors (Lipinski definition) is 5. The van der Waals surface area contributed by atoms with Crippen molar-refractivity contribution in [3.63, 3.8) is 0 Å². The van der Waals surface area contributed by atoms with E-state index in [9.17, 15) is 14.0 Å². The van der Waals surface area contributed by atoms with E-state index in [0.29, 0.717) is 19.4 Å². The van der Waals surface area contributed by atoms with Gasteiger partial charge in [0.2, 0.25) is 5.83 Å². The van der Waals surface area contributed by atoms with Crippen LogP contribution in [0.1, 0.15) is 67.2 Å². The number of unbranched alkanes of at least 4 members (excludes halogenated alkanes) is 2. The van der Waals surface area contributed by atoms with Crippen LogP contribution in [-0.4, -0.2) is 47.5 Å². The van der Waals surface area contributed by atoms with Crippen molar-refractivity contribution in [1.29, 1.82) is 0 Å². The molecule has 0 N–H and O–H groups in total. The standard InChI is InChI=1S/C19H32FNO5/c1-7-24-16(22)15(20)12-10-8-9-11-14-13-25-19(5,6)21(14)17(23)26-18(2,3)4/h12,14H,7-11,13H2,1-6H3/b15-12+/t14-/m0/s1. The Balaban J connectivity index is 2.51. The molecule has 0 saturated carbocycles. The molecular formula is C19H32FNO5. The van der Waals surface area contributed by atoms with Crippen molar-refractivity contribution in [3.8, 4) is 0 Å². The van der Waals surface area contributed by atoms with Crippen LogP contribution >= 0.6 is 0 Å². The molecule has 1 amide bonds. The maximum atomic E-state index is 13.4. The second-order valence-electron chi connectivity index (χ2n) is 7.82. The van der Waals surface area contributed by atoms with Gasteiger partial charge >= 0.3 is 12.1 Å². The molecule has 6 nitrogen and oxygen atoms in total. The van der Waals surface area contributed by atoms with Crippen LogP contribution in [0.25, 0.3) is 0 Å². The second kappa shape index (κ2) is 9.35. The molecule has 0 aliphatic carbocycles. The van der Waals surface area contributed by atoms with Crippen molar-refractivity contribution in [2.45, 2.75) is 84.6 Å². The molecule has 0 unspecified atom stereocenters. The number of halogens is 1. The van der Waals surface area contributed by atoms with Crippen molar-refractivity contribution in [2.75, 3.05) is 13.2 Å². The summed E-state index contributed by atoms with van der Waals surface area (Å²) in [5, 5.41) is 0. The number of ether oxygens (including phenoxy) is 3. The minimum Gasteiger partial charge on any atom is -0.461 e. The Bertz CT molecular complexity index is 525. The lowest BCUT2D eigenvalue weighted by Gasteiger charge is -2.35. The van der Waals surface area contributed by atoms with Crippen molar-refractivity contribution in [1.82, 2.24) is 4.90 Å². The number of carbonyl (C=O) groups excluding carboxylic acids is 2. The summed E-state index contributed by atoms with van der Waals surface area (Å²) in [5.74, 6) is -1.78. The highest BCUT2D eigenvalue weighted by molar-refractivity contribution is 5.85. The van der Waals surface area contributed by atoms with Crippen molar-refractivity contribution >= 4 is 12.1 Å². The second-order valence-corrected chi connectivity index (χ2v) is 7.82. The Hall–Kier alpha value is -1.63. The molecule has 0 aromatic rings. The number of esters is 1. The van der Waals surface area contributed by atoms with Gasteiger partial charge in [-0.15, -0.1) is 0 Å². The van der Waals surface area contributed by atoms with Crippen molar-refractivity contribution in [2.24, 2.45) is 0 Å². The third-order valence-electron chi connectivity index (χ3n) is 3.95. The van der Waals surface area contributed by atoms with Crippen molar-refractivity contribution < 1.29 is 28.2 Å². The van der Waals surface area contributed by atoms with E-state index in [1.807, 2.05) is 34.6 Å². The van der Waals surface area contributed by atoms with Crippen molar-refractivity contribution in [3.05, 3.63) is 11.9 Å². The topological polar surface area (TPSA) is 65.1 Å². The minimum absolute atomic E-state index is 0.0845. The first-order valence-corrected chi connectivity index (χ1v) is 9.17. The molecule has 26 heavy (non-hydrogen) atoms. The molecule has 1 heterocycles. The molecule has 1 aliphatic rings. The van der Waals surface area contributed by atoms with Gasteiger partial charge < -0.3 is 14.2 Å². The molecule has 1 fully saturated rings. The van der Waals surface area contributed by atoms with Gasteiger partial charge in [-0.05, 0) is 66.9 Å². The SMILES string of the molecule is CCOC(=O)/C(F)=C\CCCC[C@H]1COC(C)(C)N1C(=O)OC(C)(C)C. The summed E-state index contributed by atoms with van der Waals surface area (Å²) in [6, 6.07) is -0.0845. The predicted molar refractivity (Wildman–Crippen MR) is 96.2 cm³/mol. The average molecular weight is 373 g/mol. The van der Waals surface area contributed by atoms with Crippen LogP contribution in [0.4, 0.5) is 9.18 Å². The lowest BCUT2D eigenvalue weighted by Crippen LogP contribution is -2.49. The van der Waals surface area contributed by atoms with Gasteiger partial charge in [0.05, 0.1) is 19.3 Å². The monoisotopic (exact) mass is 373 g/mol. The Morgan fingerprint density at radius 2 is 1.96 bits per heavy atom. The maximum absolute atomic E-state index is 13.4. The van der Waals surface area contributed by atoms with E-state index in [1.54, 1.807) is 11.8 Å². The first-order valence-electron chi connectivity index (χ1n) is 9.17. The van der Waals surface area contributed by atoms with E-state index in [0.717, 1.165) is 12.8 Å². The van der Waals surface area contributed by atoms with E-state index in [-0.39, 0.29) is 12.6 Å². The highest BCUT2D eigenvalue weighted by atomic mass is 19.1. The molecule has 150 valence electrons. The van der Waals surface area contributed by atoms with Crippen LogP contribution in [0, 0.1) is 0 Å². The zero-order valence-electron chi connectivity index (χ0n) is 16.8. The quantitative estimate of drug-likeness (QED) is 0.377. The van der Waals surface area contributed by atoms with Crippen LogP contribution in [-0.2, 0) is 19.0 Å². The molecule has 0 spiro atoms. The molecule has 1 rings (SSSR count). The predicted octanol–water partition coefficient (Wildman–Crippen LogP) is 4.34. The fraction of sp³-hybridized carbons (Fsp3) is 0.789. The number of hydrogen-bond donors (Lipinski definition) is 0. The summed E-state index contributed by atoms with van der Waals surface area (Å²) in [5.41, 5.74) is -1.29. The van der Waals surface area contributed by atoms with Crippen LogP contribution in [0.5, 0.6) is 0 Å². The molecule has 1 aliphatic heterocycles. The fourth-order valence-corrected chi connectivity index (χ4v) is 2.81. The largest absolute Gasteiger partial charge is 0.461 e. The number of carbonyl (C=O) groups is 2.